The van der Waals surface area contributed by atoms with Gasteiger partial charge in [0.2, 0.25) is 0 Å². The molecule has 0 amide bonds. The summed E-state index contributed by atoms with van der Waals surface area (Å²) in [6.45, 7) is 3.87. The largest absolute Gasteiger partial charge is 0.339 e. The van der Waals surface area contributed by atoms with Crippen molar-refractivity contribution in [3.05, 3.63) is 42.3 Å². The van der Waals surface area contributed by atoms with E-state index in [-0.39, 0.29) is 32.7 Å². The zero-order valence-corrected chi connectivity index (χ0v) is 12.0. The average molecular weight is 272 g/mol. The fourth-order valence-electron chi connectivity index (χ4n) is 2.33. The van der Waals surface area contributed by atoms with Crippen LogP contribution in [-0.4, -0.2) is 7.85 Å². The molecule has 1 aromatic rings. The van der Waals surface area contributed by atoms with E-state index in [0.717, 1.165) is 6.42 Å². The second-order valence-electron chi connectivity index (χ2n) is 4.19. The van der Waals surface area contributed by atoms with Crippen LogP contribution >= 0.6 is 0 Å². The second-order valence-corrected chi connectivity index (χ2v) is 4.19. The third-order valence-electron chi connectivity index (χ3n) is 3.27. The Morgan fingerprint density at radius 3 is 2.33 bits per heavy atom. The normalized spacial score (nSPS) is 24.9. The third-order valence-corrected chi connectivity index (χ3v) is 3.27. The van der Waals surface area contributed by atoms with E-state index >= 15 is 0 Å². The summed E-state index contributed by atoms with van der Waals surface area (Å²) in [5.74, 6) is 0.967. The predicted molar refractivity (Wildman–Crippen MR) is 61.6 cm³/mol. The zero-order chi connectivity index (χ0) is 9.97. The minimum absolute atomic E-state index is 0. The SMILES string of the molecule is [B]C1CCCC1c1ccc(C[CH2-])cc1.[Y]. The summed E-state index contributed by atoms with van der Waals surface area (Å²) >= 11 is 0. The van der Waals surface area contributed by atoms with Gasteiger partial charge in [-0.15, -0.1) is 0 Å². The second kappa shape index (κ2) is 6.20. The first-order valence-corrected chi connectivity index (χ1v) is 5.45. The van der Waals surface area contributed by atoms with Crippen LogP contribution in [0.5, 0.6) is 0 Å². The molecule has 0 spiro atoms. The maximum absolute atomic E-state index is 6.07. The van der Waals surface area contributed by atoms with Gasteiger partial charge in [-0.25, -0.2) is 0 Å². The van der Waals surface area contributed by atoms with Crippen molar-refractivity contribution in [1.82, 2.24) is 0 Å². The monoisotopic (exact) mass is 272 g/mol. The molecule has 0 aliphatic heterocycles. The van der Waals surface area contributed by atoms with Crippen LogP contribution in [0, 0.1) is 6.92 Å². The van der Waals surface area contributed by atoms with E-state index in [1.165, 1.54) is 30.4 Å². The van der Waals surface area contributed by atoms with Gasteiger partial charge in [0, 0.05) is 32.7 Å². The molecule has 0 N–H and O–H groups in total. The summed E-state index contributed by atoms with van der Waals surface area (Å²) in [4.78, 5) is 0. The van der Waals surface area contributed by atoms with Gasteiger partial charge in [0.1, 0.15) is 0 Å². The molecule has 2 heteroatoms. The van der Waals surface area contributed by atoms with Crippen LogP contribution in [0.2, 0.25) is 5.82 Å². The number of hydrogen-bond donors (Lipinski definition) is 0. The van der Waals surface area contributed by atoms with Crippen LogP contribution in [0.4, 0.5) is 0 Å². The zero-order valence-electron chi connectivity index (χ0n) is 9.15. The molecule has 1 aliphatic carbocycles. The van der Waals surface area contributed by atoms with Crippen molar-refractivity contribution >= 4 is 7.85 Å². The molecule has 2 atom stereocenters. The van der Waals surface area contributed by atoms with Gasteiger partial charge in [0.25, 0.3) is 0 Å². The van der Waals surface area contributed by atoms with Crippen LogP contribution in [0.3, 0.4) is 0 Å². The van der Waals surface area contributed by atoms with E-state index in [4.69, 9.17) is 7.85 Å². The molecule has 2 unspecified atom stereocenters. The van der Waals surface area contributed by atoms with Gasteiger partial charge >= 0.3 is 0 Å². The van der Waals surface area contributed by atoms with Crippen molar-refractivity contribution in [2.24, 2.45) is 0 Å². The molecule has 3 radical (unpaired) electrons. The molecule has 1 fully saturated rings. The van der Waals surface area contributed by atoms with Gasteiger partial charge in [-0.3, -0.25) is 0 Å². The summed E-state index contributed by atoms with van der Waals surface area (Å²) in [6, 6.07) is 8.79. The Hall–Kier alpha value is 0.389. The first-order valence-electron chi connectivity index (χ1n) is 5.45. The van der Waals surface area contributed by atoms with Gasteiger partial charge in [-0.05, 0) is 17.9 Å². The molecule has 0 nitrogen and oxygen atoms in total. The molecule has 1 saturated carbocycles. The first kappa shape index (κ1) is 13.5. The molecule has 2 rings (SSSR count). The topological polar surface area (TPSA) is 0 Å². The van der Waals surface area contributed by atoms with E-state index in [1.807, 2.05) is 0 Å². The van der Waals surface area contributed by atoms with Crippen molar-refractivity contribution < 1.29 is 32.7 Å². The minimum Gasteiger partial charge on any atom is -0.339 e. The maximum atomic E-state index is 6.07. The van der Waals surface area contributed by atoms with Crippen LogP contribution in [0.25, 0.3) is 0 Å². The molecule has 1 aromatic carbocycles. The molecule has 75 valence electrons. The van der Waals surface area contributed by atoms with E-state index in [0.29, 0.717) is 11.7 Å². The molecular weight excluding hydrogens is 256 g/mol. The Kier molecular flexibility index (Phi) is 5.57. The predicted octanol–water partition coefficient (Wildman–Crippen LogP) is 3.29. The summed E-state index contributed by atoms with van der Waals surface area (Å²) in [5, 5.41) is 0. The molecule has 0 heterocycles. The van der Waals surface area contributed by atoms with Gasteiger partial charge in [0.15, 0.2) is 0 Å². The van der Waals surface area contributed by atoms with Crippen LogP contribution in [-0.2, 0) is 39.1 Å². The Morgan fingerprint density at radius 1 is 1.20 bits per heavy atom. The van der Waals surface area contributed by atoms with Crippen LogP contribution in [0.1, 0.15) is 36.3 Å². The Labute approximate surface area is 120 Å². The first-order chi connectivity index (χ1) is 6.81. The summed E-state index contributed by atoms with van der Waals surface area (Å²) < 4.78 is 0. The van der Waals surface area contributed by atoms with E-state index in [9.17, 15) is 0 Å². The third kappa shape index (κ3) is 3.17. The van der Waals surface area contributed by atoms with Crippen molar-refractivity contribution in [3.8, 4) is 0 Å². The smallest absolute Gasteiger partial charge is 0.0707 e. The molecule has 1 aliphatic rings. The van der Waals surface area contributed by atoms with E-state index in [2.05, 4.69) is 31.2 Å². The van der Waals surface area contributed by atoms with Crippen LogP contribution < -0.4 is 0 Å². The van der Waals surface area contributed by atoms with E-state index in [1.54, 1.807) is 0 Å². The maximum Gasteiger partial charge on any atom is 0.0707 e. The Balaban J connectivity index is 0.00000112. The molecule has 0 bridgehead atoms. The summed E-state index contributed by atoms with van der Waals surface area (Å²) in [7, 11) is 6.07. The van der Waals surface area contributed by atoms with Crippen molar-refractivity contribution in [3.63, 3.8) is 0 Å². The van der Waals surface area contributed by atoms with Gasteiger partial charge < -0.3 is 6.92 Å². The van der Waals surface area contributed by atoms with Gasteiger partial charge in [-0.2, -0.15) is 6.42 Å². The standard InChI is InChI=1S/C13H16B.Y/c1-2-10-6-8-11(9-7-10)12-4-3-5-13(12)14;/h6-9,12-13H,1-5H2;/q-1;. The molecule has 15 heavy (non-hydrogen) atoms. The van der Waals surface area contributed by atoms with Crippen molar-refractivity contribution in [1.29, 1.82) is 0 Å². The fourth-order valence-corrected chi connectivity index (χ4v) is 2.33. The number of benzene rings is 1. The van der Waals surface area contributed by atoms with E-state index < -0.39 is 0 Å². The fraction of sp³-hybridized carbons (Fsp3) is 0.462. The molecule has 0 saturated heterocycles. The Bertz CT molecular complexity index is 294. The quantitative estimate of drug-likeness (QED) is 0.572. The average Bonchev–Trinajstić information content (AvgIpc) is 2.65. The van der Waals surface area contributed by atoms with Crippen molar-refractivity contribution in [2.75, 3.05) is 0 Å². The Morgan fingerprint density at radius 2 is 1.87 bits per heavy atom. The summed E-state index contributed by atoms with van der Waals surface area (Å²) in [5.41, 5.74) is 2.72. The number of hydrogen-bond acceptors (Lipinski definition) is 0. The molecule has 0 aromatic heterocycles. The van der Waals surface area contributed by atoms with Gasteiger partial charge in [-0.1, -0.05) is 48.5 Å². The number of rotatable bonds is 2. The summed E-state index contributed by atoms with van der Waals surface area (Å²) in [6.07, 6.45) is 4.59. The van der Waals surface area contributed by atoms with Crippen molar-refractivity contribution in [2.45, 2.75) is 37.4 Å². The van der Waals surface area contributed by atoms with Gasteiger partial charge in [0.05, 0.1) is 7.85 Å². The minimum atomic E-state index is 0. The molecular formula is C13H16BY-. The van der Waals surface area contributed by atoms with Crippen LogP contribution in [0.15, 0.2) is 24.3 Å².